The molecule has 0 saturated carbocycles. The number of ketones is 1. The summed E-state index contributed by atoms with van der Waals surface area (Å²) in [6.45, 7) is -0.0944. The molecule has 1 fully saturated rings. The first kappa shape index (κ1) is 24.2. The summed E-state index contributed by atoms with van der Waals surface area (Å²) >= 11 is 0. The Balaban J connectivity index is 1.05. The highest BCUT2D eigenvalue weighted by atomic mass is 16.5. The third-order valence-electron chi connectivity index (χ3n) is 8.51. The molecule has 4 aromatic rings. The molecule has 6 heteroatoms. The number of rotatable bonds is 6. The topological polar surface area (TPSA) is 80.8 Å². The van der Waals surface area contributed by atoms with E-state index in [1.807, 2.05) is 30.3 Å². The molecule has 40 heavy (non-hydrogen) atoms. The Labute approximate surface area is 231 Å². The fourth-order valence-corrected chi connectivity index (χ4v) is 6.79. The van der Waals surface area contributed by atoms with Gasteiger partial charge in [0.1, 0.15) is 6.61 Å². The van der Waals surface area contributed by atoms with Crippen LogP contribution in [0.25, 0.3) is 0 Å². The Hall–Kier alpha value is -4.84. The van der Waals surface area contributed by atoms with Crippen LogP contribution in [-0.2, 0) is 14.3 Å². The molecular formula is C34H25NO5. The van der Waals surface area contributed by atoms with Gasteiger partial charge in [-0.05, 0) is 34.4 Å². The molecule has 0 radical (unpaired) electrons. The fourth-order valence-electron chi connectivity index (χ4n) is 6.79. The van der Waals surface area contributed by atoms with Gasteiger partial charge in [0.05, 0.1) is 23.9 Å². The van der Waals surface area contributed by atoms with Gasteiger partial charge in [-0.2, -0.15) is 0 Å². The first-order chi connectivity index (χ1) is 19.5. The maximum Gasteiger partial charge on any atom is 0.338 e. The normalized spacial score (nSPS) is 21.9. The molecule has 8 rings (SSSR count). The van der Waals surface area contributed by atoms with Gasteiger partial charge in [0.15, 0.2) is 5.78 Å². The Bertz CT molecular complexity index is 1560. The zero-order chi connectivity index (χ0) is 27.4. The van der Waals surface area contributed by atoms with Crippen LogP contribution < -0.4 is 0 Å². The summed E-state index contributed by atoms with van der Waals surface area (Å²) in [5, 5.41) is 0. The van der Waals surface area contributed by atoms with E-state index in [4.69, 9.17) is 4.74 Å². The van der Waals surface area contributed by atoms with E-state index < -0.39 is 17.8 Å². The fraction of sp³-hybridized carbons (Fsp3) is 0.176. The molecule has 0 unspecified atom stereocenters. The Kier molecular flexibility index (Phi) is 5.70. The van der Waals surface area contributed by atoms with E-state index in [1.165, 1.54) is 4.90 Å². The Morgan fingerprint density at radius 3 is 1.50 bits per heavy atom. The molecule has 196 valence electrons. The van der Waals surface area contributed by atoms with Gasteiger partial charge in [-0.15, -0.1) is 0 Å². The first-order valence-corrected chi connectivity index (χ1v) is 13.4. The maximum atomic E-state index is 13.7. The Morgan fingerprint density at radius 1 is 0.575 bits per heavy atom. The zero-order valence-corrected chi connectivity index (χ0v) is 21.5. The van der Waals surface area contributed by atoms with Crippen molar-refractivity contribution in [1.82, 2.24) is 4.90 Å². The third-order valence-corrected chi connectivity index (χ3v) is 8.51. The van der Waals surface area contributed by atoms with Gasteiger partial charge in [-0.3, -0.25) is 19.3 Å². The summed E-state index contributed by atoms with van der Waals surface area (Å²) in [4.78, 5) is 53.9. The predicted octanol–water partition coefficient (Wildman–Crippen LogP) is 4.97. The average molecular weight is 528 g/mol. The van der Waals surface area contributed by atoms with Gasteiger partial charge >= 0.3 is 5.97 Å². The molecule has 0 aromatic heterocycles. The van der Waals surface area contributed by atoms with Crippen molar-refractivity contribution < 1.29 is 23.9 Å². The number of carbonyl (C=O) groups excluding carboxylic acids is 4. The highest BCUT2D eigenvalue weighted by Crippen LogP contribution is 2.60. The highest BCUT2D eigenvalue weighted by molar-refractivity contribution is 6.09. The largest absolute Gasteiger partial charge is 0.460 e. The van der Waals surface area contributed by atoms with Gasteiger partial charge in [0, 0.05) is 23.0 Å². The minimum absolute atomic E-state index is 0.00706. The second-order valence-electron chi connectivity index (χ2n) is 10.5. The van der Waals surface area contributed by atoms with Crippen LogP contribution in [0.3, 0.4) is 0 Å². The number of esters is 1. The molecule has 0 N–H and O–H groups in total. The lowest BCUT2D eigenvalue weighted by Gasteiger charge is -2.45. The number of hydrogen-bond donors (Lipinski definition) is 0. The van der Waals surface area contributed by atoms with Crippen LogP contribution in [0, 0.1) is 11.8 Å². The van der Waals surface area contributed by atoms with Crippen LogP contribution in [0.2, 0.25) is 0 Å². The SMILES string of the molecule is O=C(OCCN1C(=O)[C@H]2C3c4ccccc4C(c4ccccc43)[C@@H]2C1=O)c1ccc(C(=O)c2ccccc2)cc1. The lowest BCUT2D eigenvalue weighted by Crippen LogP contribution is -2.41. The predicted molar refractivity (Wildman–Crippen MR) is 147 cm³/mol. The third kappa shape index (κ3) is 3.63. The van der Waals surface area contributed by atoms with Crippen molar-refractivity contribution in [2.24, 2.45) is 11.8 Å². The molecule has 2 atom stereocenters. The maximum absolute atomic E-state index is 13.7. The molecule has 1 saturated heterocycles. The molecule has 4 aromatic carbocycles. The number of carbonyl (C=O) groups is 4. The van der Waals surface area contributed by atoms with Crippen molar-refractivity contribution in [3.05, 3.63) is 142 Å². The second kappa shape index (κ2) is 9.42. The lowest BCUT2D eigenvalue weighted by molar-refractivity contribution is -0.140. The van der Waals surface area contributed by atoms with Gasteiger partial charge < -0.3 is 4.74 Å². The number of imide groups is 1. The van der Waals surface area contributed by atoms with Crippen molar-refractivity contribution in [1.29, 1.82) is 0 Å². The summed E-state index contributed by atoms with van der Waals surface area (Å²) in [5.41, 5.74) is 5.81. The molecule has 1 heterocycles. The van der Waals surface area contributed by atoms with Gasteiger partial charge in [0.25, 0.3) is 0 Å². The number of nitrogens with zero attached hydrogens (tertiary/aromatic N) is 1. The summed E-state index contributed by atoms with van der Waals surface area (Å²) in [5.74, 6) is -2.34. The van der Waals surface area contributed by atoms with Crippen LogP contribution in [0.1, 0.15) is 60.4 Å². The highest BCUT2D eigenvalue weighted by Gasteiger charge is 2.61. The molecule has 0 spiro atoms. The van der Waals surface area contributed by atoms with Crippen molar-refractivity contribution in [3.8, 4) is 0 Å². The van der Waals surface area contributed by atoms with Gasteiger partial charge in [-0.1, -0.05) is 91.0 Å². The summed E-state index contributed by atoms with van der Waals surface area (Å²) < 4.78 is 5.45. The average Bonchev–Trinajstić information content (AvgIpc) is 3.26. The minimum atomic E-state index is -0.574. The van der Waals surface area contributed by atoms with Gasteiger partial charge in [0.2, 0.25) is 11.8 Å². The second-order valence-corrected chi connectivity index (χ2v) is 10.5. The quantitative estimate of drug-likeness (QED) is 0.201. The standard InChI is InChI=1S/C34H25NO5/c36-31(20-8-2-1-3-9-20)21-14-16-22(17-15-21)34(39)40-19-18-35-32(37)29-27-23-10-4-5-11-24(23)28(30(29)33(35)38)26-13-7-6-12-25(26)27/h1-17,27-30H,18-19H2/t27?,28?,29-,30-/m0/s1. The van der Waals surface area contributed by atoms with Crippen molar-refractivity contribution >= 4 is 23.6 Å². The van der Waals surface area contributed by atoms with E-state index in [-0.39, 0.29) is 42.6 Å². The van der Waals surface area contributed by atoms with E-state index in [2.05, 4.69) is 24.3 Å². The van der Waals surface area contributed by atoms with Crippen molar-refractivity contribution in [3.63, 3.8) is 0 Å². The number of ether oxygens (including phenoxy) is 1. The van der Waals surface area contributed by atoms with Gasteiger partial charge in [-0.25, -0.2) is 4.79 Å². The number of likely N-dealkylation sites (tertiary alicyclic amines) is 1. The number of hydrogen-bond acceptors (Lipinski definition) is 5. The summed E-state index contributed by atoms with van der Waals surface area (Å²) in [6, 6.07) is 31.4. The zero-order valence-electron chi connectivity index (χ0n) is 21.5. The summed E-state index contributed by atoms with van der Waals surface area (Å²) in [6.07, 6.45) is 0. The molecule has 2 amide bonds. The number of amides is 2. The first-order valence-electron chi connectivity index (χ1n) is 13.4. The number of benzene rings is 4. The van der Waals surface area contributed by atoms with Crippen LogP contribution in [-0.4, -0.2) is 41.6 Å². The van der Waals surface area contributed by atoms with E-state index >= 15 is 0 Å². The molecule has 1 aliphatic heterocycles. The molecule has 4 aliphatic rings. The van der Waals surface area contributed by atoms with Crippen LogP contribution >= 0.6 is 0 Å². The molecular weight excluding hydrogens is 502 g/mol. The van der Waals surface area contributed by atoms with Crippen molar-refractivity contribution in [2.45, 2.75) is 11.8 Å². The monoisotopic (exact) mass is 527 g/mol. The van der Waals surface area contributed by atoms with Crippen molar-refractivity contribution in [2.75, 3.05) is 13.2 Å². The lowest BCUT2D eigenvalue weighted by atomic mass is 9.55. The summed E-state index contributed by atoms with van der Waals surface area (Å²) in [7, 11) is 0. The van der Waals surface area contributed by atoms with E-state index in [1.54, 1.807) is 48.5 Å². The van der Waals surface area contributed by atoms with E-state index in [9.17, 15) is 19.2 Å². The molecule has 3 aliphatic carbocycles. The van der Waals surface area contributed by atoms with Crippen LogP contribution in [0.5, 0.6) is 0 Å². The van der Waals surface area contributed by atoms with Crippen LogP contribution in [0.15, 0.2) is 103 Å². The molecule has 6 nitrogen and oxygen atoms in total. The van der Waals surface area contributed by atoms with E-state index in [0.29, 0.717) is 16.7 Å². The minimum Gasteiger partial charge on any atom is -0.460 e. The van der Waals surface area contributed by atoms with Crippen LogP contribution in [0.4, 0.5) is 0 Å². The molecule has 2 bridgehead atoms. The van der Waals surface area contributed by atoms with E-state index in [0.717, 1.165) is 22.3 Å². The smallest absolute Gasteiger partial charge is 0.338 e. The Morgan fingerprint density at radius 2 is 1.00 bits per heavy atom.